The van der Waals surface area contributed by atoms with Crippen molar-refractivity contribution in [3.8, 4) is 0 Å². The molecule has 0 aromatic carbocycles. The lowest BCUT2D eigenvalue weighted by Gasteiger charge is -2.12. The Bertz CT molecular complexity index is 258. The van der Waals surface area contributed by atoms with Gasteiger partial charge in [-0.3, -0.25) is 0 Å². The van der Waals surface area contributed by atoms with E-state index in [0.717, 1.165) is 25.4 Å². The number of hydrogen-bond donors (Lipinski definition) is 2. The Morgan fingerprint density at radius 2 is 2.29 bits per heavy atom. The van der Waals surface area contributed by atoms with Crippen LogP contribution in [-0.2, 0) is 6.54 Å². The lowest BCUT2D eigenvalue weighted by Crippen LogP contribution is -2.35. The molecule has 1 aromatic rings. The zero-order valence-electron chi connectivity index (χ0n) is 9.26. The lowest BCUT2D eigenvalue weighted by atomic mass is 10.2. The Hall–Kier alpha value is -0.800. The molecule has 1 heterocycles. The third-order valence-corrected chi connectivity index (χ3v) is 2.14. The summed E-state index contributed by atoms with van der Waals surface area (Å²) >= 11 is 0. The van der Waals surface area contributed by atoms with Crippen molar-refractivity contribution in [3.63, 3.8) is 0 Å². The normalized spacial score (nSPS) is 13.1. The van der Waals surface area contributed by atoms with E-state index < -0.39 is 0 Å². The van der Waals surface area contributed by atoms with Gasteiger partial charge >= 0.3 is 0 Å². The Morgan fingerprint density at radius 3 is 2.86 bits per heavy atom. The van der Waals surface area contributed by atoms with E-state index in [-0.39, 0.29) is 0 Å². The first-order valence-electron chi connectivity index (χ1n) is 5.20. The highest BCUT2D eigenvalue weighted by Gasteiger charge is 2.01. The van der Waals surface area contributed by atoms with Crippen LogP contribution in [-0.4, -0.2) is 19.1 Å². The van der Waals surface area contributed by atoms with Crippen LogP contribution in [0.2, 0.25) is 0 Å². The minimum absolute atomic E-state index is 0.491. The van der Waals surface area contributed by atoms with Crippen LogP contribution in [0.4, 0.5) is 0 Å². The van der Waals surface area contributed by atoms with Crippen molar-refractivity contribution in [1.82, 2.24) is 10.6 Å². The van der Waals surface area contributed by atoms with Gasteiger partial charge in [-0.15, -0.1) is 0 Å². The summed E-state index contributed by atoms with van der Waals surface area (Å²) in [6.45, 7) is 9.17. The van der Waals surface area contributed by atoms with Gasteiger partial charge in [-0.2, -0.15) is 0 Å². The predicted octanol–water partition coefficient (Wildman–Crippen LogP) is 1.68. The molecule has 0 saturated heterocycles. The molecule has 0 aliphatic carbocycles. The summed E-state index contributed by atoms with van der Waals surface area (Å²) in [5.41, 5.74) is 1.21. The Morgan fingerprint density at radius 1 is 1.50 bits per heavy atom. The van der Waals surface area contributed by atoms with E-state index in [0.29, 0.717) is 6.04 Å². The molecule has 0 radical (unpaired) electrons. The van der Waals surface area contributed by atoms with Crippen LogP contribution in [0.1, 0.15) is 25.2 Å². The molecule has 80 valence electrons. The van der Waals surface area contributed by atoms with Gasteiger partial charge in [0.2, 0.25) is 0 Å². The first kappa shape index (κ1) is 11.3. The summed E-state index contributed by atoms with van der Waals surface area (Å²) in [6.07, 6.45) is 1.81. The molecule has 0 aliphatic heterocycles. The molecule has 0 fully saturated rings. The molecule has 0 aliphatic rings. The summed E-state index contributed by atoms with van der Waals surface area (Å²) in [7, 11) is 0. The molecule has 1 rings (SSSR count). The average molecular weight is 196 g/mol. The summed E-state index contributed by atoms with van der Waals surface area (Å²) in [4.78, 5) is 0. The second-order valence-corrected chi connectivity index (χ2v) is 3.66. The van der Waals surface area contributed by atoms with Gasteiger partial charge in [0.1, 0.15) is 5.76 Å². The van der Waals surface area contributed by atoms with Gasteiger partial charge < -0.3 is 15.1 Å². The molecule has 2 N–H and O–H groups in total. The monoisotopic (exact) mass is 196 g/mol. The van der Waals surface area contributed by atoms with Gasteiger partial charge in [-0.05, 0) is 26.5 Å². The molecule has 0 saturated carbocycles. The fourth-order valence-corrected chi connectivity index (χ4v) is 1.32. The van der Waals surface area contributed by atoms with E-state index in [1.165, 1.54) is 5.56 Å². The molecular weight excluding hydrogens is 176 g/mol. The topological polar surface area (TPSA) is 37.2 Å². The lowest BCUT2D eigenvalue weighted by molar-refractivity contribution is 0.501. The molecule has 0 amide bonds. The summed E-state index contributed by atoms with van der Waals surface area (Å²) in [6, 6.07) is 2.55. The Labute approximate surface area is 85.9 Å². The molecule has 1 unspecified atom stereocenters. The van der Waals surface area contributed by atoms with Gasteiger partial charge in [-0.1, -0.05) is 6.92 Å². The fraction of sp³-hybridized carbons (Fsp3) is 0.636. The Kier molecular flexibility index (Phi) is 4.70. The van der Waals surface area contributed by atoms with Crippen molar-refractivity contribution >= 4 is 0 Å². The van der Waals surface area contributed by atoms with Gasteiger partial charge in [0.15, 0.2) is 0 Å². The van der Waals surface area contributed by atoms with E-state index in [9.17, 15) is 0 Å². The molecule has 14 heavy (non-hydrogen) atoms. The average Bonchev–Trinajstić information content (AvgIpc) is 2.58. The second-order valence-electron chi connectivity index (χ2n) is 3.66. The van der Waals surface area contributed by atoms with E-state index >= 15 is 0 Å². The van der Waals surface area contributed by atoms with Crippen LogP contribution in [0.15, 0.2) is 16.7 Å². The second kappa shape index (κ2) is 5.83. The first-order valence-corrected chi connectivity index (χ1v) is 5.20. The predicted molar refractivity (Wildman–Crippen MR) is 58.3 cm³/mol. The van der Waals surface area contributed by atoms with Crippen molar-refractivity contribution in [1.29, 1.82) is 0 Å². The molecule has 0 spiro atoms. The molecule has 3 heteroatoms. The number of aryl methyl sites for hydroxylation is 1. The molecule has 3 nitrogen and oxygen atoms in total. The highest BCUT2D eigenvalue weighted by atomic mass is 16.3. The van der Waals surface area contributed by atoms with Gasteiger partial charge in [-0.25, -0.2) is 0 Å². The summed E-state index contributed by atoms with van der Waals surface area (Å²) in [5.74, 6) is 0.973. The third kappa shape index (κ3) is 3.94. The zero-order chi connectivity index (χ0) is 10.4. The van der Waals surface area contributed by atoms with Crippen molar-refractivity contribution in [3.05, 3.63) is 23.7 Å². The van der Waals surface area contributed by atoms with Crippen LogP contribution >= 0.6 is 0 Å². The third-order valence-electron chi connectivity index (χ3n) is 2.14. The van der Waals surface area contributed by atoms with Crippen LogP contribution < -0.4 is 10.6 Å². The number of likely N-dealkylation sites (N-methyl/N-ethyl adjacent to an activating group) is 1. The zero-order valence-corrected chi connectivity index (χ0v) is 9.26. The first-order chi connectivity index (χ1) is 6.72. The van der Waals surface area contributed by atoms with Crippen molar-refractivity contribution in [2.75, 3.05) is 13.1 Å². The molecule has 1 aromatic heterocycles. The van der Waals surface area contributed by atoms with Gasteiger partial charge in [0.25, 0.3) is 0 Å². The maximum Gasteiger partial charge on any atom is 0.101 e. The maximum absolute atomic E-state index is 5.22. The van der Waals surface area contributed by atoms with Crippen LogP contribution in [0.25, 0.3) is 0 Å². The van der Waals surface area contributed by atoms with Crippen molar-refractivity contribution < 1.29 is 4.42 Å². The molecule has 0 bridgehead atoms. The van der Waals surface area contributed by atoms with Crippen molar-refractivity contribution in [2.45, 2.75) is 33.4 Å². The number of nitrogens with one attached hydrogen (secondary N) is 2. The van der Waals surface area contributed by atoms with Crippen molar-refractivity contribution in [2.24, 2.45) is 0 Å². The van der Waals surface area contributed by atoms with Gasteiger partial charge in [0, 0.05) is 24.7 Å². The standard InChI is InChI=1S/C11H20N2O/c1-4-12-6-9(2)13-7-11-5-10(3)14-8-11/h5,8-9,12-13H,4,6-7H2,1-3H3. The fourth-order valence-electron chi connectivity index (χ4n) is 1.32. The quantitative estimate of drug-likeness (QED) is 0.727. The maximum atomic E-state index is 5.22. The minimum atomic E-state index is 0.491. The minimum Gasteiger partial charge on any atom is -0.469 e. The van der Waals surface area contributed by atoms with E-state index in [1.54, 1.807) is 0 Å². The molecular formula is C11H20N2O. The van der Waals surface area contributed by atoms with E-state index in [2.05, 4.69) is 30.5 Å². The van der Waals surface area contributed by atoms with E-state index in [4.69, 9.17) is 4.42 Å². The number of rotatable bonds is 6. The SMILES string of the molecule is CCNCC(C)NCc1coc(C)c1. The highest BCUT2D eigenvalue weighted by molar-refractivity contribution is 5.11. The van der Waals surface area contributed by atoms with Crippen LogP contribution in [0, 0.1) is 6.92 Å². The molecule has 1 atom stereocenters. The van der Waals surface area contributed by atoms with E-state index in [1.807, 2.05) is 13.2 Å². The van der Waals surface area contributed by atoms with Gasteiger partial charge in [0.05, 0.1) is 6.26 Å². The number of hydrogen-bond acceptors (Lipinski definition) is 3. The Balaban J connectivity index is 2.20. The largest absolute Gasteiger partial charge is 0.469 e. The number of furan rings is 1. The highest BCUT2D eigenvalue weighted by Crippen LogP contribution is 2.05. The summed E-state index contributed by atoms with van der Waals surface area (Å²) in [5, 5.41) is 6.73. The van der Waals surface area contributed by atoms with Crippen LogP contribution in [0.3, 0.4) is 0 Å². The smallest absolute Gasteiger partial charge is 0.101 e. The van der Waals surface area contributed by atoms with Crippen LogP contribution in [0.5, 0.6) is 0 Å². The summed E-state index contributed by atoms with van der Waals surface area (Å²) < 4.78 is 5.22.